The highest BCUT2D eigenvalue weighted by atomic mass is 32.2. The minimum Gasteiger partial charge on any atom is -0.339 e. The summed E-state index contributed by atoms with van der Waals surface area (Å²) >= 11 is 1.75. The van der Waals surface area contributed by atoms with E-state index in [9.17, 15) is 0 Å². The molecule has 21 heavy (non-hydrogen) atoms. The third-order valence-electron chi connectivity index (χ3n) is 3.80. The second kappa shape index (κ2) is 7.09. The number of aromatic nitrogens is 2. The smallest absolute Gasteiger partial charge is 0.226 e. The van der Waals surface area contributed by atoms with E-state index in [1.54, 1.807) is 11.8 Å². The minimum atomic E-state index is 0.762. The van der Waals surface area contributed by atoms with Crippen molar-refractivity contribution < 1.29 is 4.52 Å². The first kappa shape index (κ1) is 14.6. The Hall–Kier alpha value is -1.33. The molecule has 1 aliphatic heterocycles. The highest BCUT2D eigenvalue weighted by Crippen LogP contribution is 2.22. The zero-order valence-corrected chi connectivity index (χ0v) is 13.2. The molecular formula is C16H21N3OS. The normalized spacial score (nSPS) is 18.2. The third-order valence-corrected chi connectivity index (χ3v) is 4.79. The first-order valence-corrected chi connectivity index (χ1v) is 8.50. The van der Waals surface area contributed by atoms with Gasteiger partial charge in [-0.3, -0.25) is 0 Å². The SMILES string of the molecule is Cc1cccc(SCc2noc(CCC3CCNC3)n2)c1. The number of rotatable bonds is 6. The number of thioether (sulfide) groups is 1. The van der Waals surface area contributed by atoms with Crippen LogP contribution in [0.15, 0.2) is 33.7 Å². The average Bonchev–Trinajstić information content (AvgIpc) is 3.15. The van der Waals surface area contributed by atoms with Gasteiger partial charge in [-0.15, -0.1) is 11.8 Å². The number of nitrogens with zero attached hydrogens (tertiary/aromatic N) is 2. The summed E-state index contributed by atoms with van der Waals surface area (Å²) in [5.74, 6) is 3.10. The van der Waals surface area contributed by atoms with E-state index >= 15 is 0 Å². The van der Waals surface area contributed by atoms with Crippen LogP contribution in [0, 0.1) is 12.8 Å². The van der Waals surface area contributed by atoms with E-state index in [1.807, 2.05) is 0 Å². The fourth-order valence-electron chi connectivity index (χ4n) is 2.59. The summed E-state index contributed by atoms with van der Waals surface area (Å²) in [4.78, 5) is 5.74. The zero-order valence-electron chi connectivity index (χ0n) is 12.3. The van der Waals surface area contributed by atoms with E-state index in [0.29, 0.717) is 0 Å². The van der Waals surface area contributed by atoms with E-state index in [2.05, 4.69) is 46.6 Å². The van der Waals surface area contributed by atoms with Crippen molar-refractivity contribution in [1.29, 1.82) is 0 Å². The summed E-state index contributed by atoms with van der Waals surface area (Å²) in [5, 5.41) is 7.46. The lowest BCUT2D eigenvalue weighted by Crippen LogP contribution is -2.09. The molecule has 0 bridgehead atoms. The largest absolute Gasteiger partial charge is 0.339 e. The number of nitrogens with one attached hydrogen (secondary N) is 1. The van der Waals surface area contributed by atoms with E-state index in [0.717, 1.165) is 49.3 Å². The molecule has 0 radical (unpaired) electrons. The van der Waals surface area contributed by atoms with Gasteiger partial charge in [0.1, 0.15) is 0 Å². The Labute approximate surface area is 129 Å². The Morgan fingerprint density at radius 2 is 2.38 bits per heavy atom. The average molecular weight is 303 g/mol. The first-order valence-electron chi connectivity index (χ1n) is 7.51. The molecule has 1 N–H and O–H groups in total. The molecule has 4 nitrogen and oxygen atoms in total. The monoisotopic (exact) mass is 303 g/mol. The molecule has 2 aromatic rings. The van der Waals surface area contributed by atoms with Gasteiger partial charge in [-0.2, -0.15) is 4.98 Å². The second-order valence-electron chi connectivity index (χ2n) is 5.61. The highest BCUT2D eigenvalue weighted by molar-refractivity contribution is 7.98. The van der Waals surface area contributed by atoms with Crippen LogP contribution >= 0.6 is 11.8 Å². The van der Waals surface area contributed by atoms with Crippen LogP contribution in [-0.4, -0.2) is 23.2 Å². The summed E-state index contributed by atoms with van der Waals surface area (Å²) in [6.45, 7) is 4.38. The summed E-state index contributed by atoms with van der Waals surface area (Å²) in [7, 11) is 0. The van der Waals surface area contributed by atoms with Gasteiger partial charge in [0.05, 0.1) is 5.75 Å². The van der Waals surface area contributed by atoms with Crippen LogP contribution in [-0.2, 0) is 12.2 Å². The standard InChI is InChI=1S/C16H21N3OS/c1-12-3-2-4-14(9-12)21-11-15-18-16(20-19-15)6-5-13-7-8-17-10-13/h2-4,9,13,17H,5-8,10-11H2,1H3. The molecule has 3 rings (SSSR count). The van der Waals surface area contributed by atoms with Crippen molar-refractivity contribution in [3.63, 3.8) is 0 Å². The van der Waals surface area contributed by atoms with Gasteiger partial charge in [0, 0.05) is 11.3 Å². The van der Waals surface area contributed by atoms with Gasteiger partial charge in [0.15, 0.2) is 5.82 Å². The number of benzene rings is 1. The van der Waals surface area contributed by atoms with Crippen molar-refractivity contribution in [2.24, 2.45) is 5.92 Å². The van der Waals surface area contributed by atoms with Crippen LogP contribution in [0.2, 0.25) is 0 Å². The predicted octanol–water partition coefficient (Wildman–Crippen LogP) is 3.21. The van der Waals surface area contributed by atoms with E-state index in [-0.39, 0.29) is 0 Å². The van der Waals surface area contributed by atoms with E-state index in [4.69, 9.17) is 4.52 Å². The van der Waals surface area contributed by atoms with Crippen LogP contribution < -0.4 is 5.32 Å². The van der Waals surface area contributed by atoms with Crippen molar-refractivity contribution in [3.05, 3.63) is 41.5 Å². The Bertz CT molecular complexity index is 578. The molecule has 5 heteroatoms. The van der Waals surface area contributed by atoms with Crippen molar-refractivity contribution in [2.75, 3.05) is 13.1 Å². The van der Waals surface area contributed by atoms with Crippen LogP contribution in [0.25, 0.3) is 0 Å². The van der Waals surface area contributed by atoms with E-state index in [1.165, 1.54) is 16.9 Å². The molecule has 1 fully saturated rings. The summed E-state index contributed by atoms with van der Waals surface area (Å²) in [5.41, 5.74) is 1.28. The predicted molar refractivity (Wildman–Crippen MR) is 84.3 cm³/mol. The fourth-order valence-corrected chi connectivity index (χ4v) is 3.45. The van der Waals surface area contributed by atoms with Crippen LogP contribution in [0.5, 0.6) is 0 Å². The van der Waals surface area contributed by atoms with Gasteiger partial charge in [-0.1, -0.05) is 22.9 Å². The highest BCUT2D eigenvalue weighted by Gasteiger charge is 2.16. The number of hydrogen-bond acceptors (Lipinski definition) is 5. The Kier molecular flexibility index (Phi) is 4.93. The van der Waals surface area contributed by atoms with Gasteiger partial charge in [-0.05, 0) is 50.9 Å². The molecule has 0 amide bonds. The van der Waals surface area contributed by atoms with Crippen LogP contribution in [0.3, 0.4) is 0 Å². The Morgan fingerprint density at radius 3 is 3.19 bits per heavy atom. The quantitative estimate of drug-likeness (QED) is 0.830. The molecule has 0 spiro atoms. The minimum absolute atomic E-state index is 0.762. The van der Waals surface area contributed by atoms with Gasteiger partial charge in [0.25, 0.3) is 0 Å². The lowest BCUT2D eigenvalue weighted by Gasteiger charge is -2.03. The molecular weight excluding hydrogens is 282 g/mol. The molecule has 2 heterocycles. The van der Waals surface area contributed by atoms with Crippen LogP contribution in [0.1, 0.15) is 30.1 Å². The third kappa shape index (κ3) is 4.32. The second-order valence-corrected chi connectivity index (χ2v) is 6.66. The van der Waals surface area contributed by atoms with Gasteiger partial charge >= 0.3 is 0 Å². The molecule has 1 aliphatic rings. The maximum absolute atomic E-state index is 5.34. The summed E-state index contributed by atoms with van der Waals surface area (Å²) < 4.78 is 5.34. The number of aryl methyl sites for hydroxylation is 2. The molecule has 1 atom stereocenters. The molecule has 1 aromatic carbocycles. The van der Waals surface area contributed by atoms with Crippen molar-refractivity contribution in [3.8, 4) is 0 Å². The number of hydrogen-bond donors (Lipinski definition) is 1. The first-order chi connectivity index (χ1) is 10.3. The Morgan fingerprint density at radius 1 is 1.43 bits per heavy atom. The van der Waals surface area contributed by atoms with Gasteiger partial charge < -0.3 is 9.84 Å². The molecule has 1 saturated heterocycles. The molecule has 1 aromatic heterocycles. The molecule has 0 aliphatic carbocycles. The Balaban J connectivity index is 1.48. The van der Waals surface area contributed by atoms with Crippen molar-refractivity contribution in [2.45, 2.75) is 36.8 Å². The lowest BCUT2D eigenvalue weighted by atomic mass is 10.0. The van der Waals surface area contributed by atoms with E-state index < -0.39 is 0 Å². The lowest BCUT2D eigenvalue weighted by molar-refractivity contribution is 0.361. The maximum atomic E-state index is 5.34. The fraction of sp³-hybridized carbons (Fsp3) is 0.500. The maximum Gasteiger partial charge on any atom is 0.226 e. The summed E-state index contributed by atoms with van der Waals surface area (Å²) in [6, 6.07) is 8.48. The van der Waals surface area contributed by atoms with Crippen molar-refractivity contribution in [1.82, 2.24) is 15.5 Å². The topological polar surface area (TPSA) is 51.0 Å². The van der Waals surface area contributed by atoms with Gasteiger partial charge in [-0.25, -0.2) is 0 Å². The van der Waals surface area contributed by atoms with Crippen LogP contribution in [0.4, 0.5) is 0 Å². The molecule has 1 unspecified atom stereocenters. The van der Waals surface area contributed by atoms with Crippen molar-refractivity contribution >= 4 is 11.8 Å². The van der Waals surface area contributed by atoms with Gasteiger partial charge in [0.2, 0.25) is 5.89 Å². The zero-order chi connectivity index (χ0) is 14.5. The summed E-state index contributed by atoms with van der Waals surface area (Å²) in [6.07, 6.45) is 3.30. The molecule has 0 saturated carbocycles. The molecule has 112 valence electrons.